The van der Waals surface area contributed by atoms with Crippen molar-refractivity contribution < 1.29 is 4.79 Å². The zero-order chi connectivity index (χ0) is 10.7. The Balaban J connectivity index is 1.65. The van der Waals surface area contributed by atoms with Gasteiger partial charge in [0.15, 0.2) is 0 Å². The molecule has 0 aromatic rings. The summed E-state index contributed by atoms with van der Waals surface area (Å²) in [4.78, 5) is 11.6. The van der Waals surface area contributed by atoms with E-state index in [1.165, 1.54) is 32.1 Å². The first-order valence-corrected chi connectivity index (χ1v) is 6.20. The van der Waals surface area contributed by atoms with Crippen LogP contribution in [0.15, 0.2) is 0 Å². The van der Waals surface area contributed by atoms with Gasteiger partial charge in [0.25, 0.3) is 0 Å². The number of nitrogens with one attached hydrogen (secondary N) is 2. The number of carbonyl (C=O) groups is 1. The number of hydrogen-bond acceptors (Lipinski definition) is 2. The van der Waals surface area contributed by atoms with E-state index in [4.69, 9.17) is 0 Å². The summed E-state index contributed by atoms with van der Waals surface area (Å²) in [5.41, 5.74) is 0.148. The van der Waals surface area contributed by atoms with Crippen LogP contribution in [0, 0.1) is 5.92 Å². The van der Waals surface area contributed by atoms with Crippen LogP contribution < -0.4 is 10.6 Å². The molecule has 1 amide bonds. The lowest BCUT2D eigenvalue weighted by atomic mass is 9.83. The standard InChI is InChI=1S/C12H22N2O/c1-12(6-3-7-14-12)9-13-11(15)8-10-4-2-5-10/h10,14H,2-9H2,1H3,(H,13,15). The zero-order valence-electron chi connectivity index (χ0n) is 9.64. The second-order valence-electron chi connectivity index (χ2n) is 5.37. The van der Waals surface area contributed by atoms with E-state index in [0.29, 0.717) is 5.92 Å². The van der Waals surface area contributed by atoms with Gasteiger partial charge in [0.05, 0.1) is 0 Å². The van der Waals surface area contributed by atoms with Gasteiger partial charge >= 0.3 is 0 Å². The van der Waals surface area contributed by atoms with Crippen LogP contribution in [0.1, 0.15) is 45.4 Å². The third-order valence-corrected chi connectivity index (χ3v) is 3.83. The molecule has 1 saturated heterocycles. The summed E-state index contributed by atoms with van der Waals surface area (Å²) in [6.07, 6.45) is 6.98. The van der Waals surface area contributed by atoms with E-state index in [9.17, 15) is 4.79 Å². The molecule has 1 saturated carbocycles. The minimum atomic E-state index is 0.148. The van der Waals surface area contributed by atoms with Crippen LogP contribution in [-0.4, -0.2) is 24.5 Å². The molecule has 2 fully saturated rings. The van der Waals surface area contributed by atoms with Gasteiger partial charge in [-0.05, 0) is 45.1 Å². The van der Waals surface area contributed by atoms with Crippen LogP contribution in [0.2, 0.25) is 0 Å². The zero-order valence-corrected chi connectivity index (χ0v) is 9.64. The summed E-state index contributed by atoms with van der Waals surface area (Å²) in [6.45, 7) is 4.08. The van der Waals surface area contributed by atoms with Gasteiger partial charge in [-0.3, -0.25) is 4.79 Å². The summed E-state index contributed by atoms with van der Waals surface area (Å²) < 4.78 is 0. The third-order valence-electron chi connectivity index (χ3n) is 3.83. The van der Waals surface area contributed by atoms with Gasteiger partial charge in [0, 0.05) is 18.5 Å². The summed E-state index contributed by atoms with van der Waals surface area (Å²) in [6, 6.07) is 0. The van der Waals surface area contributed by atoms with Gasteiger partial charge in [-0.25, -0.2) is 0 Å². The number of amides is 1. The predicted molar refractivity (Wildman–Crippen MR) is 60.6 cm³/mol. The molecule has 3 heteroatoms. The van der Waals surface area contributed by atoms with E-state index in [-0.39, 0.29) is 11.4 Å². The van der Waals surface area contributed by atoms with Crippen LogP contribution in [0.25, 0.3) is 0 Å². The maximum absolute atomic E-state index is 11.6. The second-order valence-corrected chi connectivity index (χ2v) is 5.37. The Kier molecular flexibility index (Phi) is 3.29. The number of rotatable bonds is 4. The van der Waals surface area contributed by atoms with Gasteiger partial charge in [0.2, 0.25) is 5.91 Å². The van der Waals surface area contributed by atoms with E-state index in [1.807, 2.05) is 0 Å². The highest BCUT2D eigenvalue weighted by atomic mass is 16.1. The Morgan fingerprint density at radius 2 is 2.27 bits per heavy atom. The molecule has 2 N–H and O–H groups in total. The lowest BCUT2D eigenvalue weighted by molar-refractivity contribution is -0.122. The average molecular weight is 210 g/mol. The molecule has 86 valence electrons. The van der Waals surface area contributed by atoms with Crippen LogP contribution in [-0.2, 0) is 4.79 Å². The molecule has 1 heterocycles. The van der Waals surface area contributed by atoms with Crippen LogP contribution in [0.5, 0.6) is 0 Å². The quantitative estimate of drug-likeness (QED) is 0.737. The first-order chi connectivity index (χ1) is 7.18. The van der Waals surface area contributed by atoms with E-state index in [1.54, 1.807) is 0 Å². The number of hydrogen-bond donors (Lipinski definition) is 2. The van der Waals surface area contributed by atoms with Crippen molar-refractivity contribution in [1.29, 1.82) is 0 Å². The molecule has 0 aromatic carbocycles. The summed E-state index contributed by atoms with van der Waals surface area (Å²) in [7, 11) is 0. The highest BCUT2D eigenvalue weighted by Crippen LogP contribution is 2.29. The van der Waals surface area contributed by atoms with E-state index < -0.39 is 0 Å². The first kappa shape index (κ1) is 10.9. The van der Waals surface area contributed by atoms with Crippen molar-refractivity contribution in [3.8, 4) is 0 Å². The third kappa shape index (κ3) is 2.94. The molecule has 1 aliphatic carbocycles. The molecule has 0 aromatic heterocycles. The molecule has 1 atom stereocenters. The maximum Gasteiger partial charge on any atom is 0.220 e. The monoisotopic (exact) mass is 210 g/mol. The predicted octanol–water partition coefficient (Wildman–Crippen LogP) is 1.43. The lowest BCUT2D eigenvalue weighted by Crippen LogP contribution is -2.47. The topological polar surface area (TPSA) is 41.1 Å². The summed E-state index contributed by atoms with van der Waals surface area (Å²) >= 11 is 0. The first-order valence-electron chi connectivity index (χ1n) is 6.20. The smallest absolute Gasteiger partial charge is 0.220 e. The number of carbonyl (C=O) groups excluding carboxylic acids is 1. The molecular formula is C12H22N2O. The Bertz CT molecular complexity index is 230. The fourth-order valence-electron chi connectivity index (χ4n) is 2.43. The van der Waals surface area contributed by atoms with Gasteiger partial charge in [-0.1, -0.05) is 6.42 Å². The molecule has 0 radical (unpaired) electrons. The van der Waals surface area contributed by atoms with Gasteiger partial charge in [0.1, 0.15) is 0 Å². The highest BCUT2D eigenvalue weighted by molar-refractivity contribution is 5.76. The summed E-state index contributed by atoms with van der Waals surface area (Å²) in [5.74, 6) is 0.920. The molecule has 1 unspecified atom stereocenters. The van der Waals surface area contributed by atoms with E-state index >= 15 is 0 Å². The molecule has 2 rings (SSSR count). The van der Waals surface area contributed by atoms with Crippen LogP contribution >= 0.6 is 0 Å². The van der Waals surface area contributed by atoms with Gasteiger partial charge in [-0.2, -0.15) is 0 Å². The lowest BCUT2D eigenvalue weighted by Gasteiger charge is -2.27. The highest BCUT2D eigenvalue weighted by Gasteiger charge is 2.28. The van der Waals surface area contributed by atoms with Crippen molar-refractivity contribution in [2.24, 2.45) is 5.92 Å². The Morgan fingerprint density at radius 3 is 2.80 bits per heavy atom. The normalized spacial score (nSPS) is 31.3. The molecule has 1 aliphatic heterocycles. The van der Waals surface area contributed by atoms with Crippen molar-refractivity contribution in [3.63, 3.8) is 0 Å². The molecule has 15 heavy (non-hydrogen) atoms. The van der Waals surface area contributed by atoms with E-state index in [2.05, 4.69) is 17.6 Å². The minimum absolute atomic E-state index is 0.148. The molecule has 0 spiro atoms. The fourth-order valence-corrected chi connectivity index (χ4v) is 2.43. The molecule has 3 nitrogen and oxygen atoms in total. The maximum atomic E-state index is 11.6. The molecular weight excluding hydrogens is 188 g/mol. The van der Waals surface area contributed by atoms with E-state index in [0.717, 1.165) is 19.5 Å². The minimum Gasteiger partial charge on any atom is -0.354 e. The SMILES string of the molecule is CC1(CNC(=O)CC2CCC2)CCCN1. The Hall–Kier alpha value is -0.570. The van der Waals surface area contributed by atoms with Crippen molar-refractivity contribution in [1.82, 2.24) is 10.6 Å². The Morgan fingerprint density at radius 1 is 1.47 bits per heavy atom. The van der Waals surface area contributed by atoms with Crippen molar-refractivity contribution in [2.45, 2.75) is 51.0 Å². The molecule has 0 bridgehead atoms. The average Bonchev–Trinajstić information content (AvgIpc) is 2.57. The van der Waals surface area contributed by atoms with Crippen LogP contribution in [0.3, 0.4) is 0 Å². The summed E-state index contributed by atoms with van der Waals surface area (Å²) in [5, 5.41) is 6.52. The largest absolute Gasteiger partial charge is 0.354 e. The van der Waals surface area contributed by atoms with Gasteiger partial charge in [-0.15, -0.1) is 0 Å². The second kappa shape index (κ2) is 4.52. The fraction of sp³-hybridized carbons (Fsp3) is 0.917. The molecule has 2 aliphatic rings. The van der Waals surface area contributed by atoms with Crippen molar-refractivity contribution >= 4 is 5.91 Å². The Labute approximate surface area is 92.0 Å². The van der Waals surface area contributed by atoms with Crippen LogP contribution in [0.4, 0.5) is 0 Å². The van der Waals surface area contributed by atoms with Crippen molar-refractivity contribution in [2.75, 3.05) is 13.1 Å². The van der Waals surface area contributed by atoms with Gasteiger partial charge < -0.3 is 10.6 Å². The van der Waals surface area contributed by atoms with Crippen molar-refractivity contribution in [3.05, 3.63) is 0 Å².